The lowest BCUT2D eigenvalue weighted by atomic mass is 10.4. The molecule has 0 saturated carbocycles. The van der Waals surface area contributed by atoms with Gasteiger partial charge in [-0.25, -0.2) is 0 Å². The number of benzene rings is 3. The summed E-state index contributed by atoms with van der Waals surface area (Å²) in [4.78, 5) is 3.86. The highest BCUT2D eigenvalue weighted by Crippen LogP contribution is 2.38. The molecule has 0 aliphatic heterocycles. The van der Waals surface area contributed by atoms with Gasteiger partial charge in [0, 0.05) is 0 Å². The van der Waals surface area contributed by atoms with E-state index in [2.05, 4.69) is 97.9 Å². The Bertz CT molecular complexity index is 667. The minimum atomic E-state index is -1.56. The SMILES string of the molecule is CCN=[S+](c1ccccc1)(c1ccccc1)c1ccccc1.[I-]. The number of rotatable bonds is 4. The zero-order chi connectivity index (χ0) is 15.3. The summed E-state index contributed by atoms with van der Waals surface area (Å²) >= 11 is 0. The first-order valence-electron chi connectivity index (χ1n) is 7.55. The van der Waals surface area contributed by atoms with Crippen LogP contribution in [0.2, 0.25) is 0 Å². The second-order valence-electron chi connectivity index (χ2n) is 4.96. The van der Waals surface area contributed by atoms with Gasteiger partial charge in [0.05, 0.1) is 16.4 Å². The maximum absolute atomic E-state index is 5.15. The van der Waals surface area contributed by atoms with Crippen molar-refractivity contribution in [1.82, 2.24) is 0 Å². The molecule has 3 aromatic rings. The predicted octanol–water partition coefficient (Wildman–Crippen LogP) is 2.53. The third kappa shape index (κ3) is 3.56. The van der Waals surface area contributed by atoms with Crippen LogP contribution in [0.25, 0.3) is 0 Å². The minimum Gasteiger partial charge on any atom is -1.00 e. The Labute approximate surface area is 156 Å². The smallest absolute Gasteiger partial charge is 0.149 e. The lowest BCUT2D eigenvalue weighted by Crippen LogP contribution is -3.00. The third-order valence-corrected chi connectivity index (χ3v) is 7.08. The summed E-state index contributed by atoms with van der Waals surface area (Å²) in [6.07, 6.45) is 0. The standard InChI is InChI=1S/C20H20NS.HI/c1-2-21-22(18-12-6-3-7-13-18,19-14-8-4-9-15-19)20-16-10-5-11-17-20;/h3-17H,2H2,1H3;1H/q+1;/p-1. The van der Waals surface area contributed by atoms with Crippen LogP contribution in [-0.2, 0) is 9.82 Å². The molecule has 0 atom stereocenters. The summed E-state index contributed by atoms with van der Waals surface area (Å²) < 4.78 is 5.15. The first kappa shape index (κ1) is 17.9. The molecule has 0 aliphatic carbocycles. The Kier molecular flexibility index (Phi) is 6.54. The second-order valence-corrected chi connectivity index (χ2v) is 7.80. The normalized spacial score (nSPS) is 10.7. The van der Waals surface area contributed by atoms with Gasteiger partial charge in [-0.05, 0) is 43.3 Å². The van der Waals surface area contributed by atoms with Crippen molar-refractivity contribution in [3.05, 3.63) is 91.0 Å². The van der Waals surface area contributed by atoms with Gasteiger partial charge in [0.25, 0.3) is 0 Å². The van der Waals surface area contributed by atoms with Crippen LogP contribution in [-0.4, -0.2) is 6.54 Å². The van der Waals surface area contributed by atoms with Crippen molar-refractivity contribution >= 4 is 9.82 Å². The topological polar surface area (TPSA) is 12.4 Å². The molecule has 3 rings (SSSR count). The van der Waals surface area contributed by atoms with Crippen molar-refractivity contribution in [3.8, 4) is 0 Å². The molecule has 118 valence electrons. The van der Waals surface area contributed by atoms with E-state index in [-0.39, 0.29) is 24.0 Å². The Balaban J connectivity index is 0.00000192. The Morgan fingerprint density at radius 1 is 0.609 bits per heavy atom. The zero-order valence-electron chi connectivity index (χ0n) is 13.1. The number of hydrogen-bond acceptors (Lipinski definition) is 1. The summed E-state index contributed by atoms with van der Waals surface area (Å²) in [7, 11) is -1.56. The highest BCUT2D eigenvalue weighted by Gasteiger charge is 2.34. The highest BCUT2D eigenvalue weighted by atomic mass is 127. The molecule has 0 fully saturated rings. The Morgan fingerprint density at radius 2 is 0.913 bits per heavy atom. The average molecular weight is 433 g/mol. The van der Waals surface area contributed by atoms with Crippen molar-refractivity contribution in [3.63, 3.8) is 0 Å². The highest BCUT2D eigenvalue weighted by molar-refractivity contribution is 8.05. The second kappa shape index (κ2) is 8.41. The zero-order valence-corrected chi connectivity index (χ0v) is 16.1. The lowest BCUT2D eigenvalue weighted by Gasteiger charge is -2.18. The van der Waals surface area contributed by atoms with Crippen LogP contribution in [0.4, 0.5) is 0 Å². The van der Waals surface area contributed by atoms with Crippen molar-refractivity contribution in [2.45, 2.75) is 21.6 Å². The van der Waals surface area contributed by atoms with Crippen molar-refractivity contribution in [2.24, 2.45) is 4.36 Å². The summed E-state index contributed by atoms with van der Waals surface area (Å²) in [5.41, 5.74) is 0. The lowest BCUT2D eigenvalue weighted by molar-refractivity contribution is -0.00000453. The van der Waals surface area contributed by atoms with Crippen LogP contribution in [0, 0.1) is 0 Å². The van der Waals surface area contributed by atoms with Crippen molar-refractivity contribution < 1.29 is 24.0 Å². The molecule has 0 amide bonds. The fraction of sp³-hybridized carbons (Fsp3) is 0.100. The van der Waals surface area contributed by atoms with Gasteiger partial charge in [-0.15, -0.1) is 4.36 Å². The summed E-state index contributed by atoms with van der Waals surface area (Å²) in [6, 6.07) is 32.0. The number of hydrogen-bond donors (Lipinski definition) is 0. The van der Waals surface area contributed by atoms with Crippen LogP contribution in [0.3, 0.4) is 0 Å². The molecule has 1 nitrogen and oxygen atoms in total. The fourth-order valence-corrected chi connectivity index (χ4v) is 5.98. The molecule has 0 spiro atoms. The van der Waals surface area contributed by atoms with Crippen LogP contribution < -0.4 is 24.0 Å². The molecule has 0 aliphatic rings. The fourth-order valence-electron chi connectivity index (χ4n) is 2.68. The maximum atomic E-state index is 5.15. The van der Waals surface area contributed by atoms with E-state index in [1.165, 1.54) is 14.7 Å². The molecule has 0 saturated heterocycles. The Hall–Kier alpha value is -1.46. The average Bonchev–Trinajstić information content (AvgIpc) is 2.62. The van der Waals surface area contributed by atoms with E-state index in [9.17, 15) is 0 Å². The molecule has 0 unspecified atom stereocenters. The van der Waals surface area contributed by atoms with Gasteiger partial charge in [0.2, 0.25) is 0 Å². The third-order valence-electron chi connectivity index (χ3n) is 3.58. The van der Waals surface area contributed by atoms with E-state index in [1.807, 2.05) is 0 Å². The van der Waals surface area contributed by atoms with Gasteiger partial charge >= 0.3 is 0 Å². The van der Waals surface area contributed by atoms with Crippen molar-refractivity contribution in [2.75, 3.05) is 6.54 Å². The molecule has 3 heteroatoms. The molecule has 3 aromatic carbocycles. The van der Waals surface area contributed by atoms with Gasteiger partial charge in [0.15, 0.2) is 0 Å². The molecule has 23 heavy (non-hydrogen) atoms. The quantitative estimate of drug-likeness (QED) is 0.443. The maximum Gasteiger partial charge on any atom is 0.149 e. The van der Waals surface area contributed by atoms with E-state index < -0.39 is 9.82 Å². The minimum absolute atomic E-state index is 0. The molecule has 0 N–H and O–H groups in total. The van der Waals surface area contributed by atoms with Crippen molar-refractivity contribution in [1.29, 1.82) is 0 Å². The number of halogens is 1. The van der Waals surface area contributed by atoms with Gasteiger partial charge < -0.3 is 24.0 Å². The van der Waals surface area contributed by atoms with Gasteiger partial charge in [-0.1, -0.05) is 54.6 Å². The molecule has 0 radical (unpaired) electrons. The molecule has 0 aromatic heterocycles. The largest absolute Gasteiger partial charge is 1.00 e. The first-order chi connectivity index (χ1) is 10.9. The Morgan fingerprint density at radius 3 is 1.17 bits per heavy atom. The summed E-state index contributed by atoms with van der Waals surface area (Å²) in [6.45, 7) is 2.92. The molecule has 0 heterocycles. The van der Waals surface area contributed by atoms with Crippen LogP contribution in [0.5, 0.6) is 0 Å². The summed E-state index contributed by atoms with van der Waals surface area (Å²) in [5.74, 6) is 0. The van der Waals surface area contributed by atoms with Crippen LogP contribution in [0.1, 0.15) is 6.92 Å². The van der Waals surface area contributed by atoms with E-state index in [0.29, 0.717) is 0 Å². The van der Waals surface area contributed by atoms with Gasteiger partial charge in [0.1, 0.15) is 14.7 Å². The monoisotopic (exact) mass is 433 g/mol. The molecular formula is C20H20INS. The predicted molar refractivity (Wildman–Crippen MR) is 94.5 cm³/mol. The van der Waals surface area contributed by atoms with E-state index >= 15 is 0 Å². The molecule has 0 bridgehead atoms. The van der Waals surface area contributed by atoms with E-state index in [0.717, 1.165) is 6.54 Å². The molecular weight excluding hydrogens is 413 g/mol. The summed E-state index contributed by atoms with van der Waals surface area (Å²) in [5, 5.41) is 0. The van der Waals surface area contributed by atoms with Crippen LogP contribution >= 0.6 is 0 Å². The van der Waals surface area contributed by atoms with E-state index in [4.69, 9.17) is 4.36 Å². The van der Waals surface area contributed by atoms with Gasteiger partial charge in [-0.3, -0.25) is 0 Å². The first-order valence-corrected chi connectivity index (χ1v) is 9.14. The van der Waals surface area contributed by atoms with Crippen LogP contribution in [0.15, 0.2) is 110 Å². The number of nitrogens with zero attached hydrogens (tertiary/aromatic N) is 1. The van der Waals surface area contributed by atoms with Gasteiger partial charge in [-0.2, -0.15) is 0 Å². The van der Waals surface area contributed by atoms with E-state index in [1.54, 1.807) is 0 Å².